The number of aryl methyl sites for hydroxylation is 1. The van der Waals surface area contributed by atoms with E-state index in [-0.39, 0.29) is 16.3 Å². The standard InChI is InChI=1S/C12H6F3N.C2H6/c1-6-2-7(5-16)3-8-4-9(13)11(14)12(15)10(6)8;1-2/h2-4H,1H3;1-2H3. The minimum atomic E-state index is -1.49. The lowest BCUT2D eigenvalue weighted by Gasteiger charge is -2.06. The molecular weight excluding hydrogens is 239 g/mol. The molecule has 2 aromatic rings. The third-order valence-electron chi connectivity index (χ3n) is 2.40. The summed E-state index contributed by atoms with van der Waals surface area (Å²) in [4.78, 5) is 0. The maximum Gasteiger partial charge on any atom is 0.195 e. The van der Waals surface area contributed by atoms with Crippen LogP contribution in [0.3, 0.4) is 0 Å². The fraction of sp³-hybridized carbons (Fsp3) is 0.214. The molecule has 0 saturated carbocycles. The summed E-state index contributed by atoms with van der Waals surface area (Å²) in [5.41, 5.74) is 0.695. The van der Waals surface area contributed by atoms with Crippen LogP contribution in [0.5, 0.6) is 0 Å². The van der Waals surface area contributed by atoms with Gasteiger partial charge in [-0.3, -0.25) is 0 Å². The van der Waals surface area contributed by atoms with E-state index in [2.05, 4.69) is 0 Å². The van der Waals surface area contributed by atoms with Crippen LogP contribution in [-0.4, -0.2) is 0 Å². The zero-order chi connectivity index (χ0) is 13.9. The van der Waals surface area contributed by atoms with Crippen molar-refractivity contribution in [3.05, 3.63) is 46.8 Å². The molecule has 18 heavy (non-hydrogen) atoms. The molecule has 0 aromatic heterocycles. The third kappa shape index (κ3) is 2.30. The summed E-state index contributed by atoms with van der Waals surface area (Å²) in [6.07, 6.45) is 0. The average Bonchev–Trinajstić information content (AvgIpc) is 2.37. The fourth-order valence-corrected chi connectivity index (χ4v) is 1.71. The van der Waals surface area contributed by atoms with Crippen LogP contribution in [0.2, 0.25) is 0 Å². The van der Waals surface area contributed by atoms with Gasteiger partial charge in [-0.15, -0.1) is 0 Å². The highest BCUT2D eigenvalue weighted by molar-refractivity contribution is 5.87. The molecule has 0 radical (unpaired) electrons. The first kappa shape index (κ1) is 14.0. The number of hydrogen-bond donors (Lipinski definition) is 0. The van der Waals surface area contributed by atoms with Gasteiger partial charge in [-0.25, -0.2) is 13.2 Å². The molecule has 0 amide bonds. The smallest absolute Gasteiger partial charge is 0.195 e. The Hall–Kier alpha value is -2.02. The molecule has 0 N–H and O–H groups in total. The summed E-state index contributed by atoms with van der Waals surface area (Å²) in [5, 5.41) is 8.90. The van der Waals surface area contributed by atoms with Crippen molar-refractivity contribution >= 4 is 10.8 Å². The first-order valence-corrected chi connectivity index (χ1v) is 5.52. The van der Waals surface area contributed by atoms with Gasteiger partial charge in [0.2, 0.25) is 0 Å². The van der Waals surface area contributed by atoms with Gasteiger partial charge in [0.25, 0.3) is 0 Å². The minimum Gasteiger partial charge on any atom is -0.204 e. The lowest BCUT2D eigenvalue weighted by atomic mass is 10.0. The Balaban J connectivity index is 0.000000771. The van der Waals surface area contributed by atoms with E-state index in [1.165, 1.54) is 12.1 Å². The summed E-state index contributed by atoms with van der Waals surface area (Å²) in [5.74, 6) is -3.95. The van der Waals surface area contributed by atoms with Crippen molar-refractivity contribution in [3.63, 3.8) is 0 Å². The molecule has 0 bridgehead atoms. The molecule has 1 nitrogen and oxygen atoms in total. The van der Waals surface area contributed by atoms with Gasteiger partial charge in [0.15, 0.2) is 17.5 Å². The van der Waals surface area contributed by atoms with E-state index in [0.717, 1.165) is 6.07 Å². The number of nitrogens with zero attached hydrogens (tertiary/aromatic N) is 1. The van der Waals surface area contributed by atoms with E-state index in [4.69, 9.17) is 5.26 Å². The van der Waals surface area contributed by atoms with Crippen molar-refractivity contribution in [2.45, 2.75) is 20.8 Å². The summed E-state index contributed by atoms with van der Waals surface area (Å²) in [7, 11) is 0. The summed E-state index contributed by atoms with van der Waals surface area (Å²) < 4.78 is 39.4. The Morgan fingerprint density at radius 2 is 1.61 bits per heavy atom. The third-order valence-corrected chi connectivity index (χ3v) is 2.40. The van der Waals surface area contributed by atoms with Crippen LogP contribution in [0.4, 0.5) is 13.2 Å². The molecule has 2 rings (SSSR count). The second kappa shape index (κ2) is 5.54. The molecule has 0 saturated heterocycles. The first-order valence-electron chi connectivity index (χ1n) is 5.52. The summed E-state index contributed by atoms with van der Waals surface area (Å²) >= 11 is 0. The van der Waals surface area contributed by atoms with E-state index in [0.29, 0.717) is 5.56 Å². The van der Waals surface area contributed by atoms with Gasteiger partial charge in [0.1, 0.15) is 0 Å². The SMILES string of the molecule is CC.Cc1cc(C#N)cc2cc(F)c(F)c(F)c12. The monoisotopic (exact) mass is 251 g/mol. The number of rotatable bonds is 0. The van der Waals surface area contributed by atoms with Crippen LogP contribution >= 0.6 is 0 Å². The van der Waals surface area contributed by atoms with Crippen LogP contribution in [0.1, 0.15) is 25.0 Å². The van der Waals surface area contributed by atoms with Gasteiger partial charge in [-0.05, 0) is 36.1 Å². The normalized spacial score (nSPS) is 9.61. The number of nitriles is 1. The van der Waals surface area contributed by atoms with E-state index in [1.807, 2.05) is 19.9 Å². The van der Waals surface area contributed by atoms with Gasteiger partial charge >= 0.3 is 0 Å². The second-order valence-corrected chi connectivity index (χ2v) is 3.49. The van der Waals surface area contributed by atoms with Crippen molar-refractivity contribution in [1.82, 2.24) is 0 Å². The molecular formula is C14H12F3N. The Kier molecular flexibility index (Phi) is 4.33. The van der Waals surface area contributed by atoms with Crippen molar-refractivity contribution in [2.24, 2.45) is 0 Å². The molecule has 0 fully saturated rings. The largest absolute Gasteiger partial charge is 0.204 e. The first-order chi connectivity index (χ1) is 8.54. The molecule has 4 heteroatoms. The van der Waals surface area contributed by atoms with Crippen molar-refractivity contribution in [1.29, 1.82) is 5.26 Å². The minimum absolute atomic E-state index is 0.0119. The van der Waals surface area contributed by atoms with Crippen LogP contribution in [0.15, 0.2) is 18.2 Å². The summed E-state index contributed by atoms with van der Waals surface area (Å²) in [6, 6.07) is 5.53. The molecule has 0 atom stereocenters. The number of hydrogen-bond acceptors (Lipinski definition) is 1. The zero-order valence-electron chi connectivity index (χ0n) is 10.3. The fourth-order valence-electron chi connectivity index (χ4n) is 1.71. The van der Waals surface area contributed by atoms with Crippen LogP contribution in [-0.2, 0) is 0 Å². The average molecular weight is 251 g/mol. The lowest BCUT2D eigenvalue weighted by Crippen LogP contribution is -1.95. The van der Waals surface area contributed by atoms with Crippen LogP contribution in [0.25, 0.3) is 10.8 Å². The highest BCUT2D eigenvalue weighted by atomic mass is 19.2. The predicted molar refractivity (Wildman–Crippen MR) is 64.6 cm³/mol. The van der Waals surface area contributed by atoms with E-state index in [9.17, 15) is 13.2 Å². The van der Waals surface area contributed by atoms with Crippen molar-refractivity contribution in [3.8, 4) is 6.07 Å². The molecule has 0 spiro atoms. The molecule has 0 heterocycles. The molecule has 2 aromatic carbocycles. The van der Waals surface area contributed by atoms with Gasteiger partial charge in [0, 0.05) is 5.39 Å². The Morgan fingerprint density at radius 1 is 1.00 bits per heavy atom. The van der Waals surface area contributed by atoms with Gasteiger partial charge < -0.3 is 0 Å². The van der Waals surface area contributed by atoms with Gasteiger partial charge in [-0.1, -0.05) is 13.8 Å². The van der Waals surface area contributed by atoms with Gasteiger partial charge in [0.05, 0.1) is 11.6 Å². The molecule has 94 valence electrons. The molecule has 0 unspecified atom stereocenters. The van der Waals surface area contributed by atoms with Gasteiger partial charge in [-0.2, -0.15) is 5.26 Å². The number of halogens is 3. The Labute approximate surface area is 103 Å². The molecule has 0 aliphatic carbocycles. The van der Waals surface area contributed by atoms with Crippen LogP contribution < -0.4 is 0 Å². The Bertz CT molecular complexity index is 627. The van der Waals surface area contributed by atoms with E-state index >= 15 is 0 Å². The highest BCUT2D eigenvalue weighted by Gasteiger charge is 2.15. The molecule has 0 aliphatic rings. The maximum absolute atomic E-state index is 13.5. The van der Waals surface area contributed by atoms with E-state index in [1.54, 1.807) is 6.92 Å². The van der Waals surface area contributed by atoms with Crippen molar-refractivity contribution < 1.29 is 13.2 Å². The second-order valence-electron chi connectivity index (χ2n) is 3.49. The van der Waals surface area contributed by atoms with E-state index < -0.39 is 17.5 Å². The van der Waals surface area contributed by atoms with Crippen molar-refractivity contribution in [2.75, 3.05) is 0 Å². The lowest BCUT2D eigenvalue weighted by molar-refractivity contribution is 0.453. The zero-order valence-corrected chi connectivity index (χ0v) is 10.3. The topological polar surface area (TPSA) is 23.8 Å². The number of benzene rings is 2. The highest BCUT2D eigenvalue weighted by Crippen LogP contribution is 2.27. The maximum atomic E-state index is 13.5. The Morgan fingerprint density at radius 3 is 2.17 bits per heavy atom. The molecule has 0 aliphatic heterocycles. The predicted octanol–water partition coefficient (Wildman–Crippen LogP) is 4.46. The quantitative estimate of drug-likeness (QED) is 0.634. The summed E-state index contributed by atoms with van der Waals surface area (Å²) in [6.45, 7) is 5.55. The van der Waals surface area contributed by atoms with Crippen LogP contribution in [0, 0.1) is 35.7 Å². The number of fused-ring (bicyclic) bond motifs is 1.